The molecule has 0 bridgehead atoms. The molecule has 4 heteroatoms. The molecular formula is C9H10F3N. The Bertz CT molecular complexity index is 304. The molecule has 1 aromatic carbocycles. The summed E-state index contributed by atoms with van der Waals surface area (Å²) in [6.07, 6.45) is -3.66. The van der Waals surface area contributed by atoms with Gasteiger partial charge in [0, 0.05) is 5.69 Å². The van der Waals surface area contributed by atoms with Gasteiger partial charge in [-0.05, 0) is 24.1 Å². The lowest BCUT2D eigenvalue weighted by molar-refractivity contribution is -0.137. The number of halogens is 3. The molecule has 1 aromatic rings. The lowest BCUT2D eigenvalue weighted by atomic mass is 10.1. The number of rotatable bonds is 1. The van der Waals surface area contributed by atoms with Gasteiger partial charge in [-0.15, -0.1) is 0 Å². The van der Waals surface area contributed by atoms with Crippen molar-refractivity contribution in [1.29, 1.82) is 0 Å². The normalized spacial score (nSPS) is 11.7. The first-order chi connectivity index (χ1) is 5.95. The van der Waals surface area contributed by atoms with Gasteiger partial charge in [0.2, 0.25) is 0 Å². The van der Waals surface area contributed by atoms with Crippen LogP contribution < -0.4 is 5.73 Å². The van der Waals surface area contributed by atoms with Crippen LogP contribution in [0.2, 0.25) is 0 Å². The van der Waals surface area contributed by atoms with Gasteiger partial charge < -0.3 is 5.73 Å². The smallest absolute Gasteiger partial charge is 0.398 e. The fourth-order valence-electron chi connectivity index (χ4n) is 1.09. The Balaban J connectivity index is 3.10. The molecule has 1 nitrogen and oxygen atoms in total. The van der Waals surface area contributed by atoms with E-state index in [0.29, 0.717) is 6.42 Å². The Morgan fingerprint density at radius 1 is 1.31 bits per heavy atom. The number of hydrogen-bond acceptors (Lipinski definition) is 1. The molecule has 0 atom stereocenters. The topological polar surface area (TPSA) is 26.0 Å². The highest BCUT2D eigenvalue weighted by molar-refractivity contribution is 5.49. The minimum absolute atomic E-state index is 0.206. The predicted octanol–water partition coefficient (Wildman–Crippen LogP) is 2.85. The number of nitrogens with two attached hydrogens (primary N) is 1. The molecule has 2 N–H and O–H groups in total. The van der Waals surface area contributed by atoms with Crippen LogP contribution in [-0.2, 0) is 12.6 Å². The molecule has 0 aliphatic carbocycles. The summed E-state index contributed by atoms with van der Waals surface area (Å²) in [4.78, 5) is 0. The Labute approximate surface area is 74.4 Å². The second-order valence-electron chi connectivity index (χ2n) is 2.76. The van der Waals surface area contributed by atoms with Crippen molar-refractivity contribution in [3.8, 4) is 0 Å². The van der Waals surface area contributed by atoms with Crippen LogP contribution >= 0.6 is 0 Å². The summed E-state index contributed by atoms with van der Waals surface area (Å²) in [5.41, 5.74) is 5.69. The van der Waals surface area contributed by atoms with Crippen LogP contribution in [0.15, 0.2) is 18.2 Å². The van der Waals surface area contributed by atoms with Crippen molar-refractivity contribution < 1.29 is 13.2 Å². The predicted molar refractivity (Wildman–Crippen MR) is 45.2 cm³/mol. The highest BCUT2D eigenvalue weighted by atomic mass is 19.4. The van der Waals surface area contributed by atoms with E-state index in [1.807, 2.05) is 6.92 Å². The first kappa shape index (κ1) is 9.89. The first-order valence-electron chi connectivity index (χ1n) is 3.90. The zero-order valence-corrected chi connectivity index (χ0v) is 7.15. The van der Waals surface area contributed by atoms with Crippen molar-refractivity contribution in [2.24, 2.45) is 0 Å². The average Bonchev–Trinajstić information content (AvgIpc) is 2.02. The van der Waals surface area contributed by atoms with Crippen molar-refractivity contribution in [1.82, 2.24) is 0 Å². The molecule has 0 fully saturated rings. The van der Waals surface area contributed by atoms with E-state index in [0.717, 1.165) is 17.7 Å². The van der Waals surface area contributed by atoms with E-state index in [9.17, 15) is 13.2 Å². The number of benzene rings is 1. The molecule has 0 saturated heterocycles. The van der Waals surface area contributed by atoms with Crippen LogP contribution in [0, 0.1) is 0 Å². The van der Waals surface area contributed by atoms with Gasteiger partial charge in [0.15, 0.2) is 0 Å². The number of alkyl halides is 3. The molecule has 0 unspecified atom stereocenters. The van der Waals surface area contributed by atoms with Crippen LogP contribution in [0.5, 0.6) is 0 Å². The second kappa shape index (κ2) is 3.28. The molecular weight excluding hydrogens is 179 g/mol. The number of hydrogen-bond donors (Lipinski definition) is 1. The first-order valence-corrected chi connectivity index (χ1v) is 3.90. The van der Waals surface area contributed by atoms with Crippen LogP contribution in [0.25, 0.3) is 0 Å². The van der Waals surface area contributed by atoms with Crippen LogP contribution in [0.1, 0.15) is 18.1 Å². The summed E-state index contributed by atoms with van der Waals surface area (Å²) >= 11 is 0. The summed E-state index contributed by atoms with van der Waals surface area (Å²) in [5, 5.41) is 0. The molecule has 1 rings (SSSR count). The zero-order valence-electron chi connectivity index (χ0n) is 7.15. The molecule has 0 heterocycles. The van der Waals surface area contributed by atoms with Gasteiger partial charge in [0.25, 0.3) is 0 Å². The van der Waals surface area contributed by atoms with Crippen LogP contribution in [0.3, 0.4) is 0 Å². The number of nitrogen functional groups attached to an aromatic ring is 1. The van der Waals surface area contributed by atoms with Crippen molar-refractivity contribution in [2.45, 2.75) is 19.5 Å². The van der Waals surface area contributed by atoms with E-state index in [1.54, 1.807) is 0 Å². The molecule has 0 radical (unpaired) electrons. The minimum Gasteiger partial charge on any atom is -0.398 e. The van der Waals surface area contributed by atoms with Gasteiger partial charge in [0.1, 0.15) is 0 Å². The van der Waals surface area contributed by atoms with Crippen molar-refractivity contribution in [3.05, 3.63) is 29.3 Å². The second-order valence-corrected chi connectivity index (χ2v) is 2.76. The molecule has 0 saturated carbocycles. The standard InChI is InChI=1S/C9H10F3N/c1-2-6-3-4-7(5-8(6)13)9(10,11)12/h3-5H,2,13H2,1H3. The lowest BCUT2D eigenvalue weighted by Gasteiger charge is -2.09. The largest absolute Gasteiger partial charge is 0.416 e. The van der Waals surface area contributed by atoms with Crippen LogP contribution in [0.4, 0.5) is 18.9 Å². The Hall–Kier alpha value is -1.19. The summed E-state index contributed by atoms with van der Waals surface area (Å²) in [7, 11) is 0. The molecule has 0 aromatic heterocycles. The number of aryl methyl sites for hydroxylation is 1. The van der Waals surface area contributed by atoms with Crippen molar-refractivity contribution >= 4 is 5.69 Å². The SMILES string of the molecule is CCc1ccc(C(F)(F)F)cc1N. The molecule has 0 amide bonds. The van der Waals surface area contributed by atoms with Gasteiger partial charge in [0.05, 0.1) is 5.56 Å². The van der Waals surface area contributed by atoms with Gasteiger partial charge in [-0.3, -0.25) is 0 Å². The monoisotopic (exact) mass is 189 g/mol. The highest BCUT2D eigenvalue weighted by Crippen LogP contribution is 2.31. The third-order valence-corrected chi connectivity index (χ3v) is 1.85. The van der Waals surface area contributed by atoms with Crippen LogP contribution in [-0.4, -0.2) is 0 Å². The summed E-state index contributed by atoms with van der Waals surface area (Å²) < 4.78 is 36.4. The maximum Gasteiger partial charge on any atom is 0.416 e. The minimum atomic E-state index is -4.31. The third kappa shape index (κ3) is 2.14. The van der Waals surface area contributed by atoms with E-state index in [4.69, 9.17) is 5.73 Å². The molecule has 72 valence electrons. The molecule has 13 heavy (non-hydrogen) atoms. The maximum absolute atomic E-state index is 12.1. The van der Waals surface area contributed by atoms with E-state index in [2.05, 4.69) is 0 Å². The molecule has 0 aliphatic heterocycles. The summed E-state index contributed by atoms with van der Waals surface area (Å²) in [6.45, 7) is 1.85. The summed E-state index contributed by atoms with van der Waals surface area (Å²) in [5.74, 6) is 0. The van der Waals surface area contributed by atoms with Crippen molar-refractivity contribution in [3.63, 3.8) is 0 Å². The van der Waals surface area contributed by atoms with E-state index >= 15 is 0 Å². The Kier molecular flexibility index (Phi) is 2.50. The van der Waals surface area contributed by atoms with E-state index in [-0.39, 0.29) is 5.69 Å². The Morgan fingerprint density at radius 3 is 2.31 bits per heavy atom. The van der Waals surface area contributed by atoms with Gasteiger partial charge in [-0.2, -0.15) is 13.2 Å². The average molecular weight is 189 g/mol. The maximum atomic E-state index is 12.1. The van der Waals surface area contributed by atoms with Gasteiger partial charge in [-0.25, -0.2) is 0 Å². The van der Waals surface area contributed by atoms with E-state index in [1.165, 1.54) is 6.07 Å². The van der Waals surface area contributed by atoms with E-state index < -0.39 is 11.7 Å². The summed E-state index contributed by atoms with van der Waals surface area (Å²) in [6, 6.07) is 3.44. The van der Waals surface area contributed by atoms with Gasteiger partial charge >= 0.3 is 6.18 Å². The fraction of sp³-hybridized carbons (Fsp3) is 0.333. The number of anilines is 1. The molecule has 0 spiro atoms. The molecule has 0 aliphatic rings. The quantitative estimate of drug-likeness (QED) is 0.675. The third-order valence-electron chi connectivity index (χ3n) is 1.85. The fourth-order valence-corrected chi connectivity index (χ4v) is 1.09. The zero-order chi connectivity index (χ0) is 10.1. The highest BCUT2D eigenvalue weighted by Gasteiger charge is 2.30. The van der Waals surface area contributed by atoms with Gasteiger partial charge in [-0.1, -0.05) is 13.0 Å². The Morgan fingerprint density at radius 2 is 1.92 bits per heavy atom. The lowest BCUT2D eigenvalue weighted by Crippen LogP contribution is -2.06. The van der Waals surface area contributed by atoms with Crippen molar-refractivity contribution in [2.75, 3.05) is 5.73 Å².